The molecule has 134 valence electrons. The Balaban J connectivity index is 2.03. The summed E-state index contributed by atoms with van der Waals surface area (Å²) >= 11 is 6.23. The zero-order chi connectivity index (χ0) is 18.4. The van der Waals surface area contributed by atoms with Crippen LogP contribution >= 0.6 is 11.6 Å². The molecular formula is C17H17ClF3N3O. The predicted molar refractivity (Wildman–Crippen MR) is 90.4 cm³/mol. The number of anilines is 1. The lowest BCUT2D eigenvalue weighted by atomic mass is 10.1. The standard InChI is InChI=1S/C17H17ClF3N3O/c1-10-6-7-23(11(10)2)14-9-22-24(16(25)15(14)18)13-5-3-4-12(8-13)17(19,20)21/h3-5,8-11H,6-7H2,1-2H3. The van der Waals surface area contributed by atoms with Crippen molar-refractivity contribution in [1.29, 1.82) is 0 Å². The van der Waals surface area contributed by atoms with Crippen molar-refractivity contribution in [2.45, 2.75) is 32.5 Å². The van der Waals surface area contributed by atoms with Gasteiger partial charge in [0.05, 0.1) is 23.1 Å². The van der Waals surface area contributed by atoms with Crippen LogP contribution in [0.25, 0.3) is 5.69 Å². The fourth-order valence-corrected chi connectivity index (χ4v) is 3.29. The average Bonchev–Trinajstić information content (AvgIpc) is 2.89. The van der Waals surface area contributed by atoms with Crippen LogP contribution in [0.15, 0.2) is 35.3 Å². The van der Waals surface area contributed by atoms with E-state index < -0.39 is 17.3 Å². The van der Waals surface area contributed by atoms with Gasteiger partial charge < -0.3 is 4.90 Å². The van der Waals surface area contributed by atoms with E-state index in [4.69, 9.17) is 11.6 Å². The maximum atomic E-state index is 12.9. The number of benzene rings is 1. The SMILES string of the molecule is CC1CCN(c2cnn(-c3cccc(C(F)(F)F)c3)c(=O)c2Cl)C1C. The third-order valence-corrected chi connectivity index (χ3v) is 5.12. The van der Waals surface area contributed by atoms with Crippen molar-refractivity contribution in [3.8, 4) is 5.69 Å². The monoisotopic (exact) mass is 371 g/mol. The van der Waals surface area contributed by atoms with E-state index in [1.165, 1.54) is 18.3 Å². The number of rotatable bonds is 2. The Morgan fingerprint density at radius 3 is 2.60 bits per heavy atom. The van der Waals surface area contributed by atoms with E-state index in [1.807, 2.05) is 11.8 Å². The van der Waals surface area contributed by atoms with E-state index in [9.17, 15) is 18.0 Å². The van der Waals surface area contributed by atoms with Crippen molar-refractivity contribution in [2.24, 2.45) is 5.92 Å². The molecule has 1 aliphatic rings. The van der Waals surface area contributed by atoms with Crippen LogP contribution in [0.1, 0.15) is 25.8 Å². The third kappa shape index (κ3) is 3.25. The van der Waals surface area contributed by atoms with Gasteiger partial charge in [-0.3, -0.25) is 4.79 Å². The molecule has 0 aliphatic carbocycles. The molecule has 8 heteroatoms. The zero-order valence-electron chi connectivity index (χ0n) is 13.7. The smallest absolute Gasteiger partial charge is 0.366 e. The van der Waals surface area contributed by atoms with Crippen LogP contribution in [0, 0.1) is 5.92 Å². The summed E-state index contributed by atoms with van der Waals surface area (Å²) in [6.45, 7) is 4.93. The van der Waals surface area contributed by atoms with Gasteiger partial charge in [0.15, 0.2) is 0 Å². The van der Waals surface area contributed by atoms with Gasteiger partial charge in [0, 0.05) is 12.6 Å². The Labute approximate surface area is 147 Å². The van der Waals surface area contributed by atoms with E-state index in [2.05, 4.69) is 12.0 Å². The van der Waals surface area contributed by atoms with Gasteiger partial charge in [-0.15, -0.1) is 0 Å². The molecule has 1 aliphatic heterocycles. The van der Waals surface area contributed by atoms with Gasteiger partial charge in [-0.2, -0.15) is 23.0 Å². The first-order valence-corrected chi connectivity index (χ1v) is 8.30. The van der Waals surface area contributed by atoms with Crippen molar-refractivity contribution in [2.75, 3.05) is 11.4 Å². The molecule has 2 atom stereocenters. The molecule has 0 N–H and O–H groups in total. The van der Waals surface area contributed by atoms with E-state index in [0.29, 0.717) is 11.6 Å². The topological polar surface area (TPSA) is 38.1 Å². The molecule has 25 heavy (non-hydrogen) atoms. The highest BCUT2D eigenvalue weighted by Gasteiger charge is 2.32. The van der Waals surface area contributed by atoms with Crippen molar-refractivity contribution < 1.29 is 13.2 Å². The molecule has 2 aromatic rings. The van der Waals surface area contributed by atoms with Crippen molar-refractivity contribution in [1.82, 2.24) is 9.78 Å². The zero-order valence-corrected chi connectivity index (χ0v) is 14.5. The third-order valence-electron chi connectivity index (χ3n) is 4.77. The second-order valence-corrected chi connectivity index (χ2v) is 6.69. The highest BCUT2D eigenvalue weighted by atomic mass is 35.5. The van der Waals surface area contributed by atoms with E-state index in [0.717, 1.165) is 29.8 Å². The summed E-state index contributed by atoms with van der Waals surface area (Å²) in [6.07, 6.45) is -2.07. The minimum Gasteiger partial charge on any atom is -0.366 e. The molecule has 2 heterocycles. The van der Waals surface area contributed by atoms with Gasteiger partial charge >= 0.3 is 6.18 Å². The molecule has 0 bridgehead atoms. The second-order valence-electron chi connectivity index (χ2n) is 6.31. The second kappa shape index (κ2) is 6.37. The molecule has 1 aromatic heterocycles. The van der Waals surface area contributed by atoms with Gasteiger partial charge in [-0.05, 0) is 37.5 Å². The first-order valence-electron chi connectivity index (χ1n) is 7.92. The predicted octanol–water partition coefficient (Wildman–Crippen LogP) is 4.14. The van der Waals surface area contributed by atoms with Crippen LogP contribution < -0.4 is 10.5 Å². The lowest BCUT2D eigenvalue weighted by molar-refractivity contribution is -0.137. The summed E-state index contributed by atoms with van der Waals surface area (Å²) in [6, 6.07) is 4.66. The van der Waals surface area contributed by atoms with Gasteiger partial charge in [0.2, 0.25) is 0 Å². The van der Waals surface area contributed by atoms with E-state index >= 15 is 0 Å². The molecule has 1 aromatic carbocycles. The number of aromatic nitrogens is 2. The highest BCUT2D eigenvalue weighted by Crippen LogP contribution is 2.33. The van der Waals surface area contributed by atoms with E-state index in [1.54, 1.807) is 0 Å². The van der Waals surface area contributed by atoms with Crippen LogP contribution in [0.4, 0.5) is 18.9 Å². The molecule has 2 unspecified atom stereocenters. The molecule has 0 saturated carbocycles. The van der Waals surface area contributed by atoms with Crippen LogP contribution in [-0.2, 0) is 6.18 Å². The minimum atomic E-state index is -4.50. The summed E-state index contributed by atoms with van der Waals surface area (Å²) in [5, 5.41) is 4.01. The minimum absolute atomic E-state index is 0.0242. The Bertz CT molecular complexity index is 850. The summed E-state index contributed by atoms with van der Waals surface area (Å²) in [5.41, 5.74) is -0.936. The number of nitrogens with zero attached hydrogens (tertiary/aromatic N) is 3. The molecule has 0 spiro atoms. The van der Waals surface area contributed by atoms with Crippen LogP contribution in [0.3, 0.4) is 0 Å². The van der Waals surface area contributed by atoms with Gasteiger partial charge in [-0.25, -0.2) is 0 Å². The number of alkyl halides is 3. The molecule has 4 nitrogen and oxygen atoms in total. The summed E-state index contributed by atoms with van der Waals surface area (Å²) < 4.78 is 39.5. The molecule has 0 radical (unpaired) electrons. The lowest BCUT2D eigenvalue weighted by Crippen LogP contribution is -2.32. The number of hydrogen-bond donors (Lipinski definition) is 0. The molecule has 1 saturated heterocycles. The fourth-order valence-electron chi connectivity index (χ4n) is 3.06. The maximum absolute atomic E-state index is 12.9. The van der Waals surface area contributed by atoms with Gasteiger partial charge in [0.25, 0.3) is 5.56 Å². The van der Waals surface area contributed by atoms with Crippen LogP contribution in [0.5, 0.6) is 0 Å². The van der Waals surface area contributed by atoms with Crippen LogP contribution in [0.2, 0.25) is 5.02 Å². The summed E-state index contributed by atoms with van der Waals surface area (Å²) in [4.78, 5) is 14.6. The lowest BCUT2D eigenvalue weighted by Gasteiger charge is -2.26. The molecular weight excluding hydrogens is 355 g/mol. The average molecular weight is 372 g/mol. The van der Waals surface area contributed by atoms with Crippen molar-refractivity contribution in [3.63, 3.8) is 0 Å². The Hall–Kier alpha value is -2.02. The summed E-state index contributed by atoms with van der Waals surface area (Å²) in [5.74, 6) is 0.460. The highest BCUT2D eigenvalue weighted by molar-refractivity contribution is 6.33. The fraction of sp³-hybridized carbons (Fsp3) is 0.412. The van der Waals surface area contributed by atoms with Crippen molar-refractivity contribution >= 4 is 17.3 Å². The first-order chi connectivity index (χ1) is 11.7. The van der Waals surface area contributed by atoms with Gasteiger partial charge in [-0.1, -0.05) is 24.6 Å². The first kappa shape index (κ1) is 17.8. The summed E-state index contributed by atoms with van der Waals surface area (Å²) in [7, 11) is 0. The Kier molecular flexibility index (Phi) is 4.53. The molecule has 1 fully saturated rings. The van der Waals surface area contributed by atoms with Crippen molar-refractivity contribution in [3.05, 3.63) is 51.4 Å². The van der Waals surface area contributed by atoms with Crippen LogP contribution in [-0.4, -0.2) is 22.4 Å². The normalized spacial score (nSPS) is 21.0. The van der Waals surface area contributed by atoms with E-state index in [-0.39, 0.29) is 16.8 Å². The molecule has 0 amide bonds. The maximum Gasteiger partial charge on any atom is 0.416 e. The Morgan fingerprint density at radius 2 is 2.00 bits per heavy atom. The molecule has 3 rings (SSSR count). The Morgan fingerprint density at radius 1 is 1.28 bits per heavy atom. The number of hydrogen-bond acceptors (Lipinski definition) is 3. The van der Waals surface area contributed by atoms with Gasteiger partial charge in [0.1, 0.15) is 5.02 Å². The number of halogens is 4. The quantitative estimate of drug-likeness (QED) is 0.796. The largest absolute Gasteiger partial charge is 0.416 e.